The molecule has 1 heterocycles. The molecule has 0 saturated carbocycles. The van der Waals surface area contributed by atoms with Gasteiger partial charge in [-0.05, 0) is 52.6 Å². The lowest BCUT2D eigenvalue weighted by Crippen LogP contribution is -2.42. The third kappa shape index (κ3) is 8.14. The SMILES string of the molecule is CCNC(=NCC(c1cnn(C)c1)N(C)C)NCCN(CC)c1cccc(C)c1.I. The molecule has 2 N–H and O–H groups in total. The molecule has 0 saturated heterocycles. The first-order chi connectivity index (χ1) is 13.9. The molecular weight excluding hydrogens is 489 g/mol. The minimum atomic E-state index is 0. The van der Waals surface area contributed by atoms with E-state index in [1.54, 1.807) is 0 Å². The van der Waals surface area contributed by atoms with Crippen molar-refractivity contribution in [2.24, 2.45) is 12.0 Å². The fourth-order valence-corrected chi connectivity index (χ4v) is 3.30. The van der Waals surface area contributed by atoms with Gasteiger partial charge in [-0.1, -0.05) is 12.1 Å². The number of hydrogen-bond acceptors (Lipinski definition) is 4. The highest BCUT2D eigenvalue weighted by Gasteiger charge is 2.15. The molecule has 1 unspecified atom stereocenters. The maximum absolute atomic E-state index is 4.83. The fourth-order valence-electron chi connectivity index (χ4n) is 3.30. The van der Waals surface area contributed by atoms with E-state index in [2.05, 4.69) is 90.9 Å². The number of likely N-dealkylation sites (N-methyl/N-ethyl adjacent to an activating group) is 2. The third-order valence-electron chi connectivity index (χ3n) is 4.92. The summed E-state index contributed by atoms with van der Waals surface area (Å²) in [6, 6.07) is 8.85. The lowest BCUT2D eigenvalue weighted by atomic mass is 10.1. The number of guanidine groups is 1. The number of nitrogens with zero attached hydrogens (tertiary/aromatic N) is 5. The Balaban J connectivity index is 0.00000450. The Bertz CT molecular complexity index is 772. The molecule has 7 nitrogen and oxygen atoms in total. The zero-order valence-corrected chi connectivity index (χ0v) is 21.6. The monoisotopic (exact) mass is 527 g/mol. The van der Waals surface area contributed by atoms with Gasteiger partial charge in [0, 0.05) is 50.7 Å². The molecule has 8 heteroatoms. The van der Waals surface area contributed by atoms with E-state index in [4.69, 9.17) is 4.99 Å². The molecule has 0 radical (unpaired) electrons. The maximum atomic E-state index is 4.83. The Morgan fingerprint density at radius 2 is 2.00 bits per heavy atom. The average molecular weight is 527 g/mol. The Kier molecular flexibility index (Phi) is 11.8. The van der Waals surface area contributed by atoms with Crippen molar-refractivity contribution >= 4 is 35.6 Å². The topological polar surface area (TPSA) is 60.7 Å². The number of benzene rings is 1. The number of rotatable bonds is 10. The van der Waals surface area contributed by atoms with Crippen LogP contribution in [0, 0.1) is 6.92 Å². The Morgan fingerprint density at radius 1 is 1.23 bits per heavy atom. The molecule has 0 aliphatic heterocycles. The molecule has 1 aromatic carbocycles. The lowest BCUT2D eigenvalue weighted by molar-refractivity contribution is 0.306. The van der Waals surface area contributed by atoms with E-state index in [-0.39, 0.29) is 30.0 Å². The molecule has 0 amide bonds. The number of aliphatic imine (C=N–C) groups is 1. The van der Waals surface area contributed by atoms with Crippen LogP contribution in [0.3, 0.4) is 0 Å². The second-order valence-electron chi connectivity index (χ2n) is 7.49. The number of halogens is 1. The largest absolute Gasteiger partial charge is 0.370 e. The van der Waals surface area contributed by atoms with Crippen LogP contribution in [0.5, 0.6) is 0 Å². The van der Waals surface area contributed by atoms with Gasteiger partial charge in [0.15, 0.2) is 5.96 Å². The molecule has 0 bridgehead atoms. The van der Waals surface area contributed by atoms with Crippen LogP contribution in [-0.4, -0.2) is 67.5 Å². The predicted molar refractivity (Wildman–Crippen MR) is 138 cm³/mol. The smallest absolute Gasteiger partial charge is 0.191 e. The molecule has 30 heavy (non-hydrogen) atoms. The Labute approximate surface area is 198 Å². The van der Waals surface area contributed by atoms with Crippen LogP contribution >= 0.6 is 24.0 Å². The number of hydrogen-bond donors (Lipinski definition) is 2. The number of aromatic nitrogens is 2. The predicted octanol–water partition coefficient (Wildman–Crippen LogP) is 3.03. The van der Waals surface area contributed by atoms with Gasteiger partial charge >= 0.3 is 0 Å². The van der Waals surface area contributed by atoms with Crippen LogP contribution in [0.4, 0.5) is 5.69 Å². The second-order valence-corrected chi connectivity index (χ2v) is 7.49. The Morgan fingerprint density at radius 3 is 2.57 bits per heavy atom. The first-order valence-corrected chi connectivity index (χ1v) is 10.4. The van der Waals surface area contributed by atoms with Crippen LogP contribution in [0.2, 0.25) is 0 Å². The van der Waals surface area contributed by atoms with E-state index in [1.165, 1.54) is 16.8 Å². The van der Waals surface area contributed by atoms with Gasteiger partial charge in [-0.2, -0.15) is 5.10 Å². The van der Waals surface area contributed by atoms with Gasteiger partial charge in [-0.3, -0.25) is 9.67 Å². The third-order valence-corrected chi connectivity index (χ3v) is 4.92. The molecule has 2 rings (SSSR count). The summed E-state index contributed by atoms with van der Waals surface area (Å²) < 4.78 is 1.84. The summed E-state index contributed by atoms with van der Waals surface area (Å²) >= 11 is 0. The molecule has 1 aromatic heterocycles. The molecule has 1 atom stereocenters. The molecule has 2 aromatic rings. The first kappa shape index (κ1) is 26.2. The lowest BCUT2D eigenvalue weighted by Gasteiger charge is -2.25. The minimum Gasteiger partial charge on any atom is -0.370 e. The zero-order valence-electron chi connectivity index (χ0n) is 19.2. The van der Waals surface area contributed by atoms with E-state index in [0.717, 1.165) is 32.1 Å². The summed E-state index contributed by atoms with van der Waals surface area (Å²) in [6.45, 7) is 10.6. The van der Waals surface area contributed by atoms with E-state index < -0.39 is 0 Å². The molecule has 0 fully saturated rings. The van der Waals surface area contributed by atoms with Crippen LogP contribution < -0.4 is 15.5 Å². The number of anilines is 1. The van der Waals surface area contributed by atoms with Crippen LogP contribution in [0.1, 0.15) is 31.0 Å². The maximum Gasteiger partial charge on any atom is 0.191 e. The van der Waals surface area contributed by atoms with Crippen molar-refractivity contribution < 1.29 is 0 Å². The van der Waals surface area contributed by atoms with Crippen molar-refractivity contribution in [1.29, 1.82) is 0 Å². The second kappa shape index (κ2) is 13.5. The van der Waals surface area contributed by atoms with Crippen molar-refractivity contribution in [3.63, 3.8) is 0 Å². The van der Waals surface area contributed by atoms with Crippen molar-refractivity contribution in [2.75, 3.05) is 51.7 Å². The van der Waals surface area contributed by atoms with Gasteiger partial charge in [0.25, 0.3) is 0 Å². The Hall–Kier alpha value is -1.81. The van der Waals surface area contributed by atoms with Crippen molar-refractivity contribution in [3.05, 3.63) is 47.8 Å². The van der Waals surface area contributed by atoms with E-state index in [9.17, 15) is 0 Å². The van der Waals surface area contributed by atoms with Crippen LogP contribution in [0.15, 0.2) is 41.7 Å². The summed E-state index contributed by atoms with van der Waals surface area (Å²) in [5.74, 6) is 0.850. The van der Waals surface area contributed by atoms with Gasteiger partial charge in [0.05, 0.1) is 18.8 Å². The van der Waals surface area contributed by atoms with Crippen molar-refractivity contribution in [1.82, 2.24) is 25.3 Å². The van der Waals surface area contributed by atoms with Gasteiger partial charge in [0.2, 0.25) is 0 Å². The quantitative estimate of drug-likeness (QED) is 0.283. The van der Waals surface area contributed by atoms with Crippen molar-refractivity contribution in [3.8, 4) is 0 Å². The normalized spacial score (nSPS) is 12.4. The number of nitrogens with one attached hydrogen (secondary N) is 2. The molecule has 0 aliphatic carbocycles. The van der Waals surface area contributed by atoms with Crippen molar-refractivity contribution in [2.45, 2.75) is 26.8 Å². The first-order valence-electron chi connectivity index (χ1n) is 10.4. The average Bonchev–Trinajstić information content (AvgIpc) is 3.11. The van der Waals surface area contributed by atoms with E-state index >= 15 is 0 Å². The van der Waals surface area contributed by atoms with Crippen LogP contribution in [0.25, 0.3) is 0 Å². The summed E-state index contributed by atoms with van der Waals surface area (Å²) in [5.41, 5.74) is 3.73. The molecular formula is C22H38IN7. The minimum absolute atomic E-state index is 0. The van der Waals surface area contributed by atoms with Crippen LogP contribution in [-0.2, 0) is 7.05 Å². The van der Waals surface area contributed by atoms with Gasteiger partial charge in [0.1, 0.15) is 0 Å². The summed E-state index contributed by atoms with van der Waals surface area (Å²) in [6.07, 6.45) is 3.98. The zero-order chi connectivity index (χ0) is 21.2. The standard InChI is InChI=1S/C22H37N7.HI/c1-7-23-22(25-16-21(27(4)5)19-15-26-28(6)17-19)24-12-13-29(8-2)20-11-9-10-18(3)14-20;/h9-11,14-15,17,21H,7-8,12-13,16H2,1-6H3,(H2,23,24,25);1H. The number of aryl methyl sites for hydroxylation is 2. The van der Waals surface area contributed by atoms with Gasteiger partial charge < -0.3 is 20.4 Å². The highest BCUT2D eigenvalue weighted by molar-refractivity contribution is 14.0. The molecule has 168 valence electrons. The van der Waals surface area contributed by atoms with E-state index in [0.29, 0.717) is 6.54 Å². The fraction of sp³-hybridized carbons (Fsp3) is 0.545. The molecule has 0 spiro atoms. The highest BCUT2D eigenvalue weighted by Crippen LogP contribution is 2.17. The summed E-state index contributed by atoms with van der Waals surface area (Å²) in [4.78, 5) is 9.39. The summed E-state index contributed by atoms with van der Waals surface area (Å²) in [5, 5.41) is 11.1. The highest BCUT2D eigenvalue weighted by atomic mass is 127. The summed E-state index contributed by atoms with van der Waals surface area (Å²) in [7, 11) is 6.10. The van der Waals surface area contributed by atoms with E-state index in [1.807, 2.05) is 17.9 Å². The molecule has 0 aliphatic rings. The van der Waals surface area contributed by atoms with Gasteiger partial charge in [-0.25, -0.2) is 0 Å². The van der Waals surface area contributed by atoms with Gasteiger partial charge in [-0.15, -0.1) is 24.0 Å².